The zero-order valence-electron chi connectivity index (χ0n) is 12.6. The van der Waals surface area contributed by atoms with Crippen LogP contribution in [0.4, 0.5) is 0 Å². The molecule has 19 heavy (non-hydrogen) atoms. The molecule has 1 aliphatic rings. The molecule has 1 saturated heterocycles. The van der Waals surface area contributed by atoms with E-state index in [-0.39, 0.29) is 0 Å². The van der Waals surface area contributed by atoms with E-state index < -0.39 is 0 Å². The molecule has 0 radical (unpaired) electrons. The van der Waals surface area contributed by atoms with Crippen molar-refractivity contribution in [2.75, 3.05) is 19.6 Å². The Labute approximate surface area is 117 Å². The van der Waals surface area contributed by atoms with Crippen LogP contribution in [0.25, 0.3) is 0 Å². The average molecular weight is 264 g/mol. The summed E-state index contributed by atoms with van der Waals surface area (Å²) in [5, 5.41) is 3.42. The van der Waals surface area contributed by atoms with Crippen LogP contribution in [-0.4, -0.2) is 24.5 Å². The van der Waals surface area contributed by atoms with Crippen molar-refractivity contribution in [1.82, 2.24) is 10.2 Å². The number of nitrogens with one attached hydrogen (secondary N) is 1. The Morgan fingerprint density at radius 1 is 1.32 bits per heavy atom. The Hall–Kier alpha value is -0.800. The summed E-state index contributed by atoms with van der Waals surface area (Å²) in [6.45, 7) is 12.3. The van der Waals surface area contributed by atoms with Crippen LogP contribution in [0.3, 0.4) is 0 Å². The van der Waals surface area contributed by atoms with Gasteiger partial charge in [0.15, 0.2) is 0 Å². The predicted molar refractivity (Wildman–Crippen MR) is 78.9 cm³/mol. The highest BCUT2D eigenvalue weighted by Gasteiger charge is 2.22. The lowest BCUT2D eigenvalue weighted by Gasteiger charge is -2.34. The normalized spacial score (nSPS) is 24.8. The zero-order chi connectivity index (χ0) is 13.7. The van der Waals surface area contributed by atoms with Gasteiger partial charge in [-0.3, -0.25) is 4.90 Å². The molecule has 108 valence electrons. The molecule has 0 bridgehead atoms. The minimum atomic E-state index is 0.817. The van der Waals surface area contributed by atoms with E-state index in [1.807, 2.05) is 6.26 Å². The van der Waals surface area contributed by atoms with Gasteiger partial charge in [-0.1, -0.05) is 20.8 Å². The molecule has 1 aromatic rings. The fourth-order valence-corrected chi connectivity index (χ4v) is 3.20. The molecular formula is C16H28N2O. The van der Waals surface area contributed by atoms with Gasteiger partial charge in [0.25, 0.3) is 0 Å². The highest BCUT2D eigenvalue weighted by atomic mass is 16.3. The number of hydrogen-bond acceptors (Lipinski definition) is 3. The molecule has 2 rings (SSSR count). The van der Waals surface area contributed by atoms with Crippen LogP contribution in [0.1, 0.15) is 44.9 Å². The van der Waals surface area contributed by atoms with Crippen LogP contribution < -0.4 is 5.32 Å². The van der Waals surface area contributed by atoms with E-state index in [4.69, 9.17) is 4.42 Å². The number of likely N-dealkylation sites (tertiary alicyclic amines) is 1. The van der Waals surface area contributed by atoms with Crippen molar-refractivity contribution in [3.8, 4) is 0 Å². The van der Waals surface area contributed by atoms with Gasteiger partial charge in [-0.05, 0) is 37.3 Å². The Morgan fingerprint density at radius 2 is 2.05 bits per heavy atom. The number of piperidine rings is 1. The minimum Gasteiger partial charge on any atom is -0.468 e. The maximum Gasteiger partial charge on any atom is 0.122 e. The van der Waals surface area contributed by atoms with Gasteiger partial charge in [-0.2, -0.15) is 0 Å². The summed E-state index contributed by atoms with van der Waals surface area (Å²) >= 11 is 0. The molecule has 2 heterocycles. The van der Waals surface area contributed by atoms with E-state index in [1.54, 1.807) is 0 Å². The molecule has 1 aromatic heterocycles. The highest BCUT2D eigenvalue weighted by molar-refractivity contribution is 5.17. The lowest BCUT2D eigenvalue weighted by atomic mass is 9.91. The van der Waals surface area contributed by atoms with Gasteiger partial charge in [-0.25, -0.2) is 0 Å². The zero-order valence-corrected chi connectivity index (χ0v) is 12.6. The number of nitrogens with zero attached hydrogens (tertiary/aromatic N) is 1. The van der Waals surface area contributed by atoms with Crippen LogP contribution in [0.5, 0.6) is 0 Å². The van der Waals surface area contributed by atoms with Gasteiger partial charge in [0.05, 0.1) is 12.8 Å². The number of rotatable bonds is 6. The molecule has 0 spiro atoms. The minimum absolute atomic E-state index is 0.817. The van der Waals surface area contributed by atoms with Gasteiger partial charge < -0.3 is 9.73 Å². The first kappa shape index (κ1) is 14.6. The lowest BCUT2D eigenvalue weighted by molar-refractivity contribution is 0.133. The van der Waals surface area contributed by atoms with E-state index in [1.165, 1.54) is 25.1 Å². The van der Waals surface area contributed by atoms with Gasteiger partial charge in [0.2, 0.25) is 0 Å². The molecule has 0 aliphatic carbocycles. The molecule has 1 fully saturated rings. The lowest BCUT2D eigenvalue weighted by Crippen LogP contribution is -2.38. The van der Waals surface area contributed by atoms with Crippen LogP contribution in [0.2, 0.25) is 0 Å². The molecule has 0 saturated carbocycles. The van der Waals surface area contributed by atoms with Crippen molar-refractivity contribution in [2.24, 2.45) is 11.8 Å². The average Bonchev–Trinajstić information content (AvgIpc) is 2.76. The summed E-state index contributed by atoms with van der Waals surface area (Å²) in [5.41, 5.74) is 1.35. The molecule has 1 aliphatic heterocycles. The fraction of sp³-hybridized carbons (Fsp3) is 0.750. The second kappa shape index (κ2) is 7.11. The van der Waals surface area contributed by atoms with Crippen LogP contribution >= 0.6 is 0 Å². The summed E-state index contributed by atoms with van der Waals surface area (Å²) in [4.78, 5) is 2.58. The van der Waals surface area contributed by atoms with E-state index in [2.05, 4.69) is 37.1 Å². The predicted octanol–water partition coefficient (Wildman–Crippen LogP) is 3.26. The maximum atomic E-state index is 5.62. The fourth-order valence-electron chi connectivity index (χ4n) is 3.20. The molecule has 0 aromatic carbocycles. The molecule has 3 nitrogen and oxygen atoms in total. The highest BCUT2D eigenvalue weighted by Crippen LogP contribution is 2.23. The quantitative estimate of drug-likeness (QED) is 0.799. The molecule has 2 atom stereocenters. The second-order valence-corrected chi connectivity index (χ2v) is 6.19. The van der Waals surface area contributed by atoms with Crippen molar-refractivity contribution >= 4 is 0 Å². The first-order valence-corrected chi connectivity index (χ1v) is 7.67. The second-order valence-electron chi connectivity index (χ2n) is 6.19. The number of hydrogen-bond donors (Lipinski definition) is 1. The summed E-state index contributed by atoms with van der Waals surface area (Å²) in [7, 11) is 0. The Morgan fingerprint density at radius 3 is 2.74 bits per heavy atom. The van der Waals surface area contributed by atoms with Gasteiger partial charge in [0, 0.05) is 25.2 Å². The third kappa shape index (κ3) is 4.36. The Balaban J connectivity index is 1.89. The third-order valence-corrected chi connectivity index (χ3v) is 3.89. The van der Waals surface area contributed by atoms with Crippen LogP contribution in [-0.2, 0) is 13.1 Å². The SMILES string of the molecule is CCCNCc1occc1CN1CC(C)CC(C)C1. The summed E-state index contributed by atoms with van der Waals surface area (Å²) in [6, 6.07) is 2.13. The van der Waals surface area contributed by atoms with Crippen molar-refractivity contribution in [3.05, 3.63) is 23.7 Å². The van der Waals surface area contributed by atoms with Crippen molar-refractivity contribution in [3.63, 3.8) is 0 Å². The first-order valence-electron chi connectivity index (χ1n) is 7.67. The standard InChI is InChI=1S/C16H28N2O/c1-4-6-17-9-16-15(5-7-19-16)12-18-10-13(2)8-14(3)11-18/h5,7,13-14,17H,4,6,8-12H2,1-3H3. The summed E-state index contributed by atoms with van der Waals surface area (Å²) < 4.78 is 5.62. The third-order valence-electron chi connectivity index (χ3n) is 3.89. The monoisotopic (exact) mass is 264 g/mol. The Bertz CT molecular complexity index is 365. The smallest absolute Gasteiger partial charge is 0.122 e. The van der Waals surface area contributed by atoms with E-state index in [0.717, 1.165) is 43.7 Å². The topological polar surface area (TPSA) is 28.4 Å². The maximum absolute atomic E-state index is 5.62. The Kier molecular flexibility index (Phi) is 5.46. The number of furan rings is 1. The first-order chi connectivity index (χ1) is 9.19. The molecule has 2 unspecified atom stereocenters. The van der Waals surface area contributed by atoms with Crippen LogP contribution in [0.15, 0.2) is 16.7 Å². The summed E-state index contributed by atoms with van der Waals surface area (Å²) in [6.07, 6.45) is 4.36. The van der Waals surface area contributed by atoms with Crippen LogP contribution in [0, 0.1) is 11.8 Å². The molecule has 0 amide bonds. The van der Waals surface area contributed by atoms with Gasteiger partial charge in [0.1, 0.15) is 5.76 Å². The molecule has 1 N–H and O–H groups in total. The molecular weight excluding hydrogens is 236 g/mol. The largest absolute Gasteiger partial charge is 0.468 e. The van der Waals surface area contributed by atoms with Gasteiger partial charge in [-0.15, -0.1) is 0 Å². The van der Waals surface area contributed by atoms with Crippen molar-refractivity contribution < 1.29 is 4.42 Å². The molecule has 3 heteroatoms. The van der Waals surface area contributed by atoms with Gasteiger partial charge >= 0.3 is 0 Å². The van der Waals surface area contributed by atoms with Crippen molar-refractivity contribution in [1.29, 1.82) is 0 Å². The summed E-state index contributed by atoms with van der Waals surface area (Å²) in [5.74, 6) is 2.74. The van der Waals surface area contributed by atoms with Crippen molar-refractivity contribution in [2.45, 2.75) is 46.7 Å². The van der Waals surface area contributed by atoms with E-state index >= 15 is 0 Å². The van der Waals surface area contributed by atoms with E-state index in [9.17, 15) is 0 Å². The van der Waals surface area contributed by atoms with E-state index in [0.29, 0.717) is 0 Å².